The van der Waals surface area contributed by atoms with Crippen LogP contribution in [0, 0.1) is 0 Å². The first-order chi connectivity index (χ1) is 10.2. The van der Waals surface area contributed by atoms with Gasteiger partial charge in [0.1, 0.15) is 6.04 Å². The highest BCUT2D eigenvalue weighted by Crippen LogP contribution is 2.31. The first kappa shape index (κ1) is 13.1. The highest BCUT2D eigenvalue weighted by molar-refractivity contribution is 5.99. The van der Waals surface area contributed by atoms with Crippen LogP contribution in [0.15, 0.2) is 60.8 Å². The summed E-state index contributed by atoms with van der Waals surface area (Å²) in [6, 6.07) is 15.5. The Morgan fingerprint density at radius 1 is 0.952 bits per heavy atom. The molecule has 0 aromatic heterocycles. The number of amides is 2. The van der Waals surface area contributed by atoms with Crippen LogP contribution in [-0.4, -0.2) is 16.7 Å². The predicted molar refractivity (Wildman–Crippen MR) is 80.0 cm³/mol. The minimum Gasteiger partial charge on any atom is -0.368 e. The van der Waals surface area contributed by atoms with Crippen molar-refractivity contribution in [2.45, 2.75) is 6.04 Å². The summed E-state index contributed by atoms with van der Waals surface area (Å²) < 4.78 is 0. The fraction of sp³-hybridized carbons (Fsp3) is 0.0588. The molecule has 0 saturated heterocycles. The van der Waals surface area contributed by atoms with Crippen LogP contribution in [0.3, 0.4) is 0 Å². The van der Waals surface area contributed by atoms with Gasteiger partial charge in [-0.25, -0.2) is 0 Å². The summed E-state index contributed by atoms with van der Waals surface area (Å²) in [6.07, 6.45) is 3.43. The molecule has 1 aliphatic heterocycles. The number of hydrogen-bond acceptors (Lipinski definition) is 2. The van der Waals surface area contributed by atoms with Gasteiger partial charge in [0.2, 0.25) is 5.91 Å². The van der Waals surface area contributed by atoms with Crippen LogP contribution in [0.4, 0.5) is 0 Å². The smallest absolute Gasteiger partial charge is 0.258 e. The van der Waals surface area contributed by atoms with Crippen molar-refractivity contribution in [1.29, 1.82) is 0 Å². The van der Waals surface area contributed by atoms with E-state index in [-0.39, 0.29) is 5.91 Å². The molecule has 0 fully saturated rings. The lowest BCUT2D eigenvalue weighted by Gasteiger charge is -2.31. The van der Waals surface area contributed by atoms with E-state index in [1.165, 1.54) is 4.90 Å². The van der Waals surface area contributed by atoms with E-state index in [4.69, 9.17) is 5.73 Å². The van der Waals surface area contributed by atoms with Gasteiger partial charge in [0.25, 0.3) is 5.91 Å². The summed E-state index contributed by atoms with van der Waals surface area (Å²) in [5, 5.41) is 0. The maximum Gasteiger partial charge on any atom is 0.258 e. The molecule has 2 N–H and O–H groups in total. The quantitative estimate of drug-likeness (QED) is 0.916. The Kier molecular flexibility index (Phi) is 3.28. The molecule has 0 aliphatic carbocycles. The zero-order valence-electron chi connectivity index (χ0n) is 11.3. The zero-order chi connectivity index (χ0) is 14.8. The first-order valence-corrected chi connectivity index (χ1v) is 6.62. The number of carbonyl (C=O) groups excluding carboxylic acids is 2. The second-order valence-corrected chi connectivity index (χ2v) is 4.83. The number of rotatable bonds is 2. The molecule has 1 atom stereocenters. The van der Waals surface area contributed by atoms with Crippen molar-refractivity contribution >= 4 is 17.9 Å². The Morgan fingerprint density at radius 3 is 2.33 bits per heavy atom. The molecule has 4 heteroatoms. The highest BCUT2D eigenvalue weighted by atomic mass is 16.2. The molecule has 2 aromatic rings. The van der Waals surface area contributed by atoms with Crippen LogP contribution in [0.5, 0.6) is 0 Å². The van der Waals surface area contributed by atoms with E-state index in [2.05, 4.69) is 0 Å². The molecule has 1 aliphatic rings. The van der Waals surface area contributed by atoms with Crippen molar-refractivity contribution in [3.05, 3.63) is 77.5 Å². The molecule has 3 rings (SSSR count). The minimum absolute atomic E-state index is 0.245. The maximum absolute atomic E-state index is 12.6. The molecule has 0 spiro atoms. The lowest BCUT2D eigenvalue weighted by atomic mass is 9.95. The van der Waals surface area contributed by atoms with Gasteiger partial charge in [0.15, 0.2) is 0 Å². The number of primary amides is 1. The van der Waals surface area contributed by atoms with E-state index in [9.17, 15) is 9.59 Å². The Hall–Kier alpha value is -2.88. The third-order valence-electron chi connectivity index (χ3n) is 3.51. The van der Waals surface area contributed by atoms with Crippen LogP contribution in [0.1, 0.15) is 27.5 Å². The van der Waals surface area contributed by atoms with Crippen molar-refractivity contribution in [3.63, 3.8) is 0 Å². The van der Waals surface area contributed by atoms with Crippen LogP contribution in [0.2, 0.25) is 0 Å². The van der Waals surface area contributed by atoms with Gasteiger partial charge in [-0.1, -0.05) is 42.5 Å². The first-order valence-electron chi connectivity index (χ1n) is 6.62. The number of carbonyl (C=O) groups is 2. The summed E-state index contributed by atoms with van der Waals surface area (Å²) in [5.74, 6) is -0.791. The third-order valence-corrected chi connectivity index (χ3v) is 3.51. The van der Waals surface area contributed by atoms with Gasteiger partial charge in [-0.15, -0.1) is 0 Å². The second kappa shape index (κ2) is 5.25. The fourth-order valence-corrected chi connectivity index (χ4v) is 2.51. The average Bonchev–Trinajstić information content (AvgIpc) is 2.53. The van der Waals surface area contributed by atoms with Gasteiger partial charge in [0.05, 0.1) is 0 Å². The SMILES string of the molecule is NC(=O)C1c2ccccc2C=CN1C(=O)c1ccccc1. The lowest BCUT2D eigenvalue weighted by Crippen LogP contribution is -2.40. The zero-order valence-corrected chi connectivity index (χ0v) is 11.3. The normalized spacial score (nSPS) is 16.4. The molecule has 4 nitrogen and oxygen atoms in total. The Morgan fingerprint density at radius 2 is 1.62 bits per heavy atom. The average molecular weight is 278 g/mol. The second-order valence-electron chi connectivity index (χ2n) is 4.83. The molecule has 104 valence electrons. The van der Waals surface area contributed by atoms with Crippen molar-refractivity contribution in [3.8, 4) is 0 Å². The number of hydrogen-bond donors (Lipinski definition) is 1. The van der Waals surface area contributed by atoms with Gasteiger partial charge in [-0.3, -0.25) is 14.5 Å². The van der Waals surface area contributed by atoms with E-state index in [1.807, 2.05) is 36.4 Å². The number of fused-ring (bicyclic) bond motifs is 1. The Balaban J connectivity index is 2.04. The van der Waals surface area contributed by atoms with Gasteiger partial charge >= 0.3 is 0 Å². The Labute approximate surface area is 122 Å². The molecule has 0 bridgehead atoms. The van der Waals surface area contributed by atoms with Crippen LogP contribution >= 0.6 is 0 Å². The summed E-state index contributed by atoms with van der Waals surface area (Å²) in [6.45, 7) is 0. The standard InChI is InChI=1S/C17H14N2O2/c18-16(20)15-14-9-5-4-6-12(14)10-11-19(15)17(21)13-7-2-1-3-8-13/h1-11,15H,(H2,18,20). The van der Waals surface area contributed by atoms with E-state index in [0.29, 0.717) is 5.56 Å². The van der Waals surface area contributed by atoms with Crippen LogP contribution < -0.4 is 5.73 Å². The molecule has 1 unspecified atom stereocenters. The van der Waals surface area contributed by atoms with Gasteiger partial charge in [-0.2, -0.15) is 0 Å². The predicted octanol–water partition coefficient (Wildman–Crippen LogP) is 2.34. The highest BCUT2D eigenvalue weighted by Gasteiger charge is 2.32. The summed E-state index contributed by atoms with van der Waals surface area (Å²) in [5.41, 5.74) is 7.69. The van der Waals surface area contributed by atoms with Gasteiger partial charge < -0.3 is 5.73 Å². The lowest BCUT2D eigenvalue weighted by molar-refractivity contribution is -0.122. The topological polar surface area (TPSA) is 63.4 Å². The number of benzene rings is 2. The van der Waals surface area contributed by atoms with E-state index in [0.717, 1.165) is 11.1 Å². The number of nitrogens with zero attached hydrogens (tertiary/aromatic N) is 1. The molecule has 2 aromatic carbocycles. The number of nitrogens with two attached hydrogens (primary N) is 1. The van der Waals surface area contributed by atoms with Crippen molar-refractivity contribution in [1.82, 2.24) is 4.90 Å². The van der Waals surface area contributed by atoms with Crippen molar-refractivity contribution in [2.75, 3.05) is 0 Å². The molecular formula is C17H14N2O2. The molecule has 1 heterocycles. The minimum atomic E-state index is -0.779. The summed E-state index contributed by atoms with van der Waals surface area (Å²) >= 11 is 0. The third kappa shape index (κ3) is 2.31. The molecule has 2 amide bonds. The van der Waals surface area contributed by atoms with Crippen LogP contribution in [-0.2, 0) is 4.79 Å². The molecule has 21 heavy (non-hydrogen) atoms. The van der Waals surface area contributed by atoms with Gasteiger partial charge in [-0.05, 0) is 29.3 Å². The van der Waals surface area contributed by atoms with Crippen LogP contribution in [0.25, 0.3) is 6.08 Å². The summed E-state index contributed by atoms with van der Waals surface area (Å²) in [7, 11) is 0. The maximum atomic E-state index is 12.6. The van der Waals surface area contributed by atoms with Crippen molar-refractivity contribution < 1.29 is 9.59 Å². The largest absolute Gasteiger partial charge is 0.368 e. The fourth-order valence-electron chi connectivity index (χ4n) is 2.51. The monoisotopic (exact) mass is 278 g/mol. The summed E-state index contributed by atoms with van der Waals surface area (Å²) in [4.78, 5) is 25.8. The van der Waals surface area contributed by atoms with Gasteiger partial charge in [0, 0.05) is 11.8 Å². The van der Waals surface area contributed by atoms with E-state index < -0.39 is 11.9 Å². The molecule has 0 radical (unpaired) electrons. The van der Waals surface area contributed by atoms with Crippen molar-refractivity contribution in [2.24, 2.45) is 5.73 Å². The molecular weight excluding hydrogens is 264 g/mol. The van der Waals surface area contributed by atoms with E-state index in [1.54, 1.807) is 30.5 Å². The Bertz CT molecular complexity index is 723. The molecule has 0 saturated carbocycles. The van der Waals surface area contributed by atoms with E-state index >= 15 is 0 Å².